The maximum Gasteiger partial charge on any atom is 0.0951 e. The van der Waals surface area contributed by atoms with E-state index in [1.807, 2.05) is 17.6 Å². The zero-order valence-corrected chi connectivity index (χ0v) is 6.70. The number of rotatable bonds is 3. The predicted molar refractivity (Wildman–Crippen MR) is 45.0 cm³/mol. The van der Waals surface area contributed by atoms with Gasteiger partial charge in [-0.2, -0.15) is 0 Å². The molecule has 1 heterocycles. The van der Waals surface area contributed by atoms with Crippen molar-refractivity contribution in [1.29, 1.82) is 0 Å². The van der Waals surface area contributed by atoms with Gasteiger partial charge in [0, 0.05) is 18.8 Å². The van der Waals surface area contributed by atoms with E-state index in [0.717, 1.165) is 12.2 Å². The number of allylic oxidation sites excluding steroid dienone is 1. The Morgan fingerprint density at radius 2 is 2.64 bits per heavy atom. The van der Waals surface area contributed by atoms with Crippen LogP contribution in [0.5, 0.6) is 0 Å². The molecule has 1 aromatic rings. The molecule has 3 nitrogen and oxygen atoms in total. The maximum atomic E-state index is 5.69. The van der Waals surface area contributed by atoms with Gasteiger partial charge in [0.05, 0.1) is 12.0 Å². The van der Waals surface area contributed by atoms with Crippen LogP contribution in [0.2, 0.25) is 0 Å². The van der Waals surface area contributed by atoms with E-state index in [2.05, 4.69) is 11.6 Å². The zero-order valence-electron chi connectivity index (χ0n) is 6.70. The van der Waals surface area contributed by atoms with Gasteiger partial charge in [0.1, 0.15) is 0 Å². The van der Waals surface area contributed by atoms with Crippen LogP contribution in [-0.4, -0.2) is 9.55 Å². The van der Waals surface area contributed by atoms with Crippen molar-refractivity contribution in [3.05, 3.63) is 30.9 Å². The summed E-state index contributed by atoms with van der Waals surface area (Å²) in [5, 5.41) is 0. The molecule has 0 amide bonds. The molecule has 0 aliphatic carbocycles. The summed E-state index contributed by atoms with van der Waals surface area (Å²) in [7, 11) is 0. The molecule has 2 N–H and O–H groups in total. The Morgan fingerprint density at radius 1 is 1.91 bits per heavy atom. The fraction of sp³-hybridized carbons (Fsp3) is 0.375. The largest absolute Gasteiger partial charge is 0.329 e. The van der Waals surface area contributed by atoms with E-state index in [4.69, 9.17) is 5.73 Å². The summed E-state index contributed by atoms with van der Waals surface area (Å²) in [6.07, 6.45) is 5.38. The molecule has 0 aliphatic rings. The minimum Gasteiger partial charge on any atom is -0.329 e. The van der Waals surface area contributed by atoms with Crippen LogP contribution in [0.1, 0.15) is 18.7 Å². The Labute approximate surface area is 66.5 Å². The second-order valence-corrected chi connectivity index (χ2v) is 2.55. The van der Waals surface area contributed by atoms with E-state index in [-0.39, 0.29) is 6.04 Å². The van der Waals surface area contributed by atoms with Crippen molar-refractivity contribution < 1.29 is 0 Å². The van der Waals surface area contributed by atoms with Crippen LogP contribution in [0.15, 0.2) is 25.2 Å². The lowest BCUT2D eigenvalue weighted by atomic mass is 10.3. The van der Waals surface area contributed by atoms with Crippen LogP contribution >= 0.6 is 0 Å². The highest BCUT2D eigenvalue weighted by atomic mass is 15.1. The smallest absolute Gasteiger partial charge is 0.0951 e. The molecule has 3 heteroatoms. The highest BCUT2D eigenvalue weighted by Gasteiger charge is 2.03. The highest BCUT2D eigenvalue weighted by Crippen LogP contribution is 2.07. The highest BCUT2D eigenvalue weighted by molar-refractivity contribution is 5.03. The molecule has 0 spiro atoms. The molecule has 0 saturated carbocycles. The van der Waals surface area contributed by atoms with Gasteiger partial charge in [-0.15, -0.1) is 6.58 Å². The molecular formula is C8H13N3. The van der Waals surface area contributed by atoms with Crippen molar-refractivity contribution in [1.82, 2.24) is 9.55 Å². The lowest BCUT2D eigenvalue weighted by molar-refractivity contribution is 0.683. The second kappa shape index (κ2) is 3.34. The average molecular weight is 151 g/mol. The van der Waals surface area contributed by atoms with Crippen LogP contribution in [-0.2, 0) is 6.54 Å². The normalized spacial score (nSPS) is 12.9. The molecule has 1 aromatic heterocycles. The van der Waals surface area contributed by atoms with E-state index in [1.54, 1.807) is 12.5 Å². The summed E-state index contributed by atoms with van der Waals surface area (Å²) in [5.41, 5.74) is 6.74. The van der Waals surface area contributed by atoms with Crippen LogP contribution < -0.4 is 5.73 Å². The van der Waals surface area contributed by atoms with Gasteiger partial charge in [0.15, 0.2) is 0 Å². The standard InChI is InChI=1S/C8H13N3/c1-3-4-11-6-10-5-8(11)7(2)9/h3,5-7H,1,4,9H2,2H3/t7-/m1/s1. The maximum absolute atomic E-state index is 5.69. The predicted octanol–water partition coefficient (Wildman–Crippen LogP) is 1.09. The Kier molecular flexibility index (Phi) is 2.44. The van der Waals surface area contributed by atoms with Crippen LogP contribution in [0.3, 0.4) is 0 Å². The number of aromatic nitrogens is 2. The van der Waals surface area contributed by atoms with Gasteiger partial charge in [-0.1, -0.05) is 6.08 Å². The second-order valence-electron chi connectivity index (χ2n) is 2.55. The Hall–Kier alpha value is -1.09. The van der Waals surface area contributed by atoms with Crippen molar-refractivity contribution >= 4 is 0 Å². The Balaban J connectivity index is 2.86. The molecule has 0 aromatic carbocycles. The monoisotopic (exact) mass is 151 g/mol. The van der Waals surface area contributed by atoms with E-state index in [0.29, 0.717) is 0 Å². The molecule has 0 saturated heterocycles. The van der Waals surface area contributed by atoms with Gasteiger partial charge < -0.3 is 10.3 Å². The van der Waals surface area contributed by atoms with Crippen molar-refractivity contribution in [2.45, 2.75) is 19.5 Å². The topological polar surface area (TPSA) is 43.8 Å². The van der Waals surface area contributed by atoms with Crippen LogP contribution in [0, 0.1) is 0 Å². The first-order valence-electron chi connectivity index (χ1n) is 3.62. The van der Waals surface area contributed by atoms with Gasteiger partial charge in [-0.3, -0.25) is 0 Å². The zero-order chi connectivity index (χ0) is 8.27. The lowest BCUT2D eigenvalue weighted by Gasteiger charge is -2.07. The van der Waals surface area contributed by atoms with Gasteiger partial charge >= 0.3 is 0 Å². The quantitative estimate of drug-likeness (QED) is 0.657. The van der Waals surface area contributed by atoms with E-state index >= 15 is 0 Å². The molecule has 0 radical (unpaired) electrons. The number of imidazole rings is 1. The van der Waals surface area contributed by atoms with Crippen molar-refractivity contribution in [2.24, 2.45) is 5.73 Å². The average Bonchev–Trinajstić information content (AvgIpc) is 2.36. The molecule has 1 atom stereocenters. The first kappa shape index (κ1) is 8.01. The molecular weight excluding hydrogens is 138 g/mol. The third kappa shape index (κ3) is 1.68. The van der Waals surface area contributed by atoms with Gasteiger partial charge in [0.2, 0.25) is 0 Å². The Morgan fingerprint density at radius 3 is 3.18 bits per heavy atom. The summed E-state index contributed by atoms with van der Waals surface area (Å²) in [5.74, 6) is 0. The summed E-state index contributed by atoms with van der Waals surface area (Å²) in [4.78, 5) is 4.00. The van der Waals surface area contributed by atoms with Gasteiger partial charge in [-0.05, 0) is 6.92 Å². The Bertz CT molecular complexity index is 237. The molecule has 0 unspecified atom stereocenters. The fourth-order valence-corrected chi connectivity index (χ4v) is 1.00. The molecule has 0 bridgehead atoms. The van der Waals surface area contributed by atoms with Crippen LogP contribution in [0.4, 0.5) is 0 Å². The van der Waals surface area contributed by atoms with E-state index in [1.165, 1.54) is 0 Å². The minimum absolute atomic E-state index is 0.0393. The number of nitrogens with two attached hydrogens (primary N) is 1. The van der Waals surface area contributed by atoms with E-state index < -0.39 is 0 Å². The first-order chi connectivity index (χ1) is 5.25. The van der Waals surface area contributed by atoms with Crippen LogP contribution in [0.25, 0.3) is 0 Å². The summed E-state index contributed by atoms with van der Waals surface area (Å²) in [6.45, 7) is 6.36. The summed E-state index contributed by atoms with van der Waals surface area (Å²) in [6, 6.07) is 0.0393. The number of nitrogens with zero attached hydrogens (tertiary/aromatic N) is 2. The van der Waals surface area contributed by atoms with E-state index in [9.17, 15) is 0 Å². The molecule has 0 aliphatic heterocycles. The van der Waals surface area contributed by atoms with Crippen molar-refractivity contribution in [3.8, 4) is 0 Å². The lowest BCUT2D eigenvalue weighted by Crippen LogP contribution is -2.10. The third-order valence-corrected chi connectivity index (χ3v) is 1.54. The summed E-state index contributed by atoms with van der Waals surface area (Å²) >= 11 is 0. The fourth-order valence-electron chi connectivity index (χ4n) is 1.00. The third-order valence-electron chi connectivity index (χ3n) is 1.54. The first-order valence-corrected chi connectivity index (χ1v) is 3.62. The molecule has 1 rings (SSSR count). The minimum atomic E-state index is 0.0393. The van der Waals surface area contributed by atoms with Crippen molar-refractivity contribution in [3.63, 3.8) is 0 Å². The molecule has 11 heavy (non-hydrogen) atoms. The number of hydrogen-bond acceptors (Lipinski definition) is 2. The van der Waals surface area contributed by atoms with Gasteiger partial charge in [-0.25, -0.2) is 4.98 Å². The van der Waals surface area contributed by atoms with Gasteiger partial charge in [0.25, 0.3) is 0 Å². The molecule has 60 valence electrons. The SMILES string of the molecule is C=CCn1cncc1[C@@H](C)N. The van der Waals surface area contributed by atoms with Crippen molar-refractivity contribution in [2.75, 3.05) is 0 Å². The number of hydrogen-bond donors (Lipinski definition) is 1. The summed E-state index contributed by atoms with van der Waals surface area (Å²) < 4.78 is 1.98. The molecule has 0 fully saturated rings.